The summed E-state index contributed by atoms with van der Waals surface area (Å²) in [7, 11) is 0. The molecular formula is C20H31N3O2. The molecule has 3 rings (SSSR count). The minimum Gasteiger partial charge on any atom is -0.396 e. The summed E-state index contributed by atoms with van der Waals surface area (Å²) in [4.78, 5) is 21.7. The summed E-state index contributed by atoms with van der Waals surface area (Å²) in [6.07, 6.45) is 6.69. The van der Waals surface area contributed by atoms with Gasteiger partial charge in [0.1, 0.15) is 5.82 Å². The summed E-state index contributed by atoms with van der Waals surface area (Å²) in [6.45, 7) is 7.71. The minimum absolute atomic E-state index is 0.0586. The molecule has 1 unspecified atom stereocenters. The number of aryl methyl sites for hydroxylation is 1. The van der Waals surface area contributed by atoms with Crippen molar-refractivity contribution in [3.8, 4) is 0 Å². The second-order valence-corrected chi connectivity index (χ2v) is 7.87. The number of aliphatic hydroxyl groups excluding tert-OH is 1. The Labute approximate surface area is 151 Å². The lowest BCUT2D eigenvalue weighted by Crippen LogP contribution is -2.43. The number of aliphatic hydroxyl groups is 1. The first-order valence-electron chi connectivity index (χ1n) is 9.64. The quantitative estimate of drug-likeness (QED) is 0.891. The lowest BCUT2D eigenvalue weighted by molar-refractivity contribution is -0.135. The van der Waals surface area contributed by atoms with Crippen LogP contribution in [0.5, 0.6) is 0 Å². The van der Waals surface area contributed by atoms with Crippen molar-refractivity contribution < 1.29 is 9.90 Å². The Morgan fingerprint density at radius 2 is 2.08 bits per heavy atom. The predicted molar refractivity (Wildman–Crippen MR) is 99.5 cm³/mol. The zero-order valence-electron chi connectivity index (χ0n) is 15.6. The number of piperidine rings is 1. The number of carbonyl (C=O) groups is 1. The molecule has 1 aromatic heterocycles. The molecule has 1 amide bonds. The van der Waals surface area contributed by atoms with Gasteiger partial charge in [-0.05, 0) is 44.2 Å². The third-order valence-electron chi connectivity index (χ3n) is 5.93. The molecule has 5 heteroatoms. The van der Waals surface area contributed by atoms with Crippen LogP contribution in [-0.2, 0) is 4.79 Å². The number of nitrogens with zero attached hydrogens (tertiary/aromatic N) is 3. The average Bonchev–Trinajstić information content (AvgIpc) is 3.07. The fourth-order valence-corrected chi connectivity index (χ4v) is 4.33. The van der Waals surface area contributed by atoms with E-state index in [1.807, 2.05) is 18.0 Å². The first kappa shape index (κ1) is 18.2. The zero-order valence-corrected chi connectivity index (χ0v) is 15.6. The number of carbonyl (C=O) groups excluding carboxylic acids is 1. The molecule has 0 aliphatic carbocycles. The molecule has 0 radical (unpaired) electrons. The molecule has 0 saturated carbocycles. The smallest absolute Gasteiger partial charge is 0.225 e. The maximum absolute atomic E-state index is 12.9. The lowest BCUT2D eigenvalue weighted by Gasteiger charge is -2.34. The van der Waals surface area contributed by atoms with Crippen LogP contribution in [0.25, 0.3) is 0 Å². The molecule has 1 N–H and O–H groups in total. The highest BCUT2D eigenvalue weighted by molar-refractivity contribution is 5.79. The van der Waals surface area contributed by atoms with Crippen molar-refractivity contribution >= 4 is 11.7 Å². The number of amides is 1. The summed E-state index contributed by atoms with van der Waals surface area (Å²) in [6, 6.07) is 4.16. The first-order chi connectivity index (χ1) is 12.1. The summed E-state index contributed by atoms with van der Waals surface area (Å²) in [5, 5.41) is 9.79. The van der Waals surface area contributed by atoms with Crippen LogP contribution in [-0.4, -0.2) is 53.7 Å². The van der Waals surface area contributed by atoms with Gasteiger partial charge in [-0.25, -0.2) is 4.98 Å². The van der Waals surface area contributed by atoms with Gasteiger partial charge in [0.25, 0.3) is 0 Å². The lowest BCUT2D eigenvalue weighted by atomic mass is 9.83. The predicted octanol–water partition coefficient (Wildman–Crippen LogP) is 2.62. The molecule has 2 saturated heterocycles. The Morgan fingerprint density at radius 1 is 1.32 bits per heavy atom. The van der Waals surface area contributed by atoms with Gasteiger partial charge in [-0.1, -0.05) is 19.4 Å². The van der Waals surface area contributed by atoms with E-state index in [4.69, 9.17) is 0 Å². The Balaban J connectivity index is 1.54. The molecule has 2 aliphatic rings. The van der Waals surface area contributed by atoms with E-state index in [2.05, 4.69) is 28.9 Å². The fraction of sp³-hybridized carbons (Fsp3) is 0.700. The molecule has 25 heavy (non-hydrogen) atoms. The average molecular weight is 345 g/mol. The third-order valence-corrected chi connectivity index (χ3v) is 5.93. The molecule has 0 aromatic carbocycles. The monoisotopic (exact) mass is 345 g/mol. The van der Waals surface area contributed by atoms with Gasteiger partial charge < -0.3 is 14.9 Å². The normalized spacial score (nSPS) is 24.8. The van der Waals surface area contributed by atoms with Crippen LogP contribution >= 0.6 is 0 Å². The number of rotatable bonds is 5. The zero-order chi connectivity index (χ0) is 17.9. The van der Waals surface area contributed by atoms with E-state index in [1.54, 1.807) is 0 Å². The molecule has 2 aliphatic heterocycles. The van der Waals surface area contributed by atoms with E-state index >= 15 is 0 Å². The molecule has 2 fully saturated rings. The summed E-state index contributed by atoms with van der Waals surface area (Å²) in [5.41, 5.74) is 1.11. The molecule has 5 nitrogen and oxygen atoms in total. The van der Waals surface area contributed by atoms with Crippen molar-refractivity contribution in [1.82, 2.24) is 9.88 Å². The largest absolute Gasteiger partial charge is 0.396 e. The van der Waals surface area contributed by atoms with E-state index < -0.39 is 0 Å². The Kier molecular flexibility index (Phi) is 5.62. The van der Waals surface area contributed by atoms with Crippen molar-refractivity contribution in [2.75, 3.05) is 37.7 Å². The van der Waals surface area contributed by atoms with Gasteiger partial charge in [-0.3, -0.25) is 4.79 Å². The van der Waals surface area contributed by atoms with Gasteiger partial charge in [0.05, 0.1) is 6.61 Å². The van der Waals surface area contributed by atoms with Gasteiger partial charge in [0.15, 0.2) is 0 Å². The van der Waals surface area contributed by atoms with Gasteiger partial charge in [-0.2, -0.15) is 0 Å². The van der Waals surface area contributed by atoms with E-state index in [-0.39, 0.29) is 17.9 Å². The highest BCUT2D eigenvalue weighted by Gasteiger charge is 2.40. The topological polar surface area (TPSA) is 56.7 Å². The van der Waals surface area contributed by atoms with Crippen LogP contribution in [0.1, 0.15) is 44.6 Å². The highest BCUT2D eigenvalue weighted by atomic mass is 16.3. The Hall–Kier alpha value is -1.62. The first-order valence-corrected chi connectivity index (χ1v) is 9.64. The van der Waals surface area contributed by atoms with Crippen LogP contribution < -0.4 is 4.90 Å². The maximum Gasteiger partial charge on any atom is 0.225 e. The minimum atomic E-state index is -0.0586. The van der Waals surface area contributed by atoms with Crippen molar-refractivity contribution in [3.63, 3.8) is 0 Å². The molecule has 138 valence electrons. The Morgan fingerprint density at radius 3 is 2.68 bits per heavy atom. The standard InChI is InChI=1S/C20H31N3O2/c1-3-8-20(15-24)9-12-23(14-20)19(25)17-6-10-22(11-7-17)18-5-4-16(2)13-21-18/h4-5,13,17,24H,3,6-12,14-15H2,1-2H3. The van der Waals surface area contributed by atoms with Crippen molar-refractivity contribution in [2.45, 2.75) is 46.0 Å². The van der Waals surface area contributed by atoms with Crippen molar-refractivity contribution in [1.29, 1.82) is 0 Å². The van der Waals surface area contributed by atoms with Crippen molar-refractivity contribution in [3.05, 3.63) is 23.9 Å². The summed E-state index contributed by atoms with van der Waals surface area (Å²) >= 11 is 0. The maximum atomic E-state index is 12.9. The number of anilines is 1. The number of pyridine rings is 1. The van der Waals surface area contributed by atoms with Gasteiger partial charge in [0, 0.05) is 43.7 Å². The van der Waals surface area contributed by atoms with Crippen LogP contribution in [0, 0.1) is 18.3 Å². The van der Waals surface area contributed by atoms with Gasteiger partial charge >= 0.3 is 0 Å². The second kappa shape index (κ2) is 7.73. The van der Waals surface area contributed by atoms with Gasteiger partial charge in [0.2, 0.25) is 5.91 Å². The third kappa shape index (κ3) is 3.97. The molecule has 1 aromatic rings. The van der Waals surface area contributed by atoms with Crippen molar-refractivity contribution in [2.24, 2.45) is 11.3 Å². The fourth-order valence-electron chi connectivity index (χ4n) is 4.33. The van der Waals surface area contributed by atoms with Crippen LogP contribution in [0.15, 0.2) is 18.3 Å². The van der Waals surface area contributed by atoms with E-state index in [9.17, 15) is 9.90 Å². The number of likely N-dealkylation sites (tertiary alicyclic amines) is 1. The number of aromatic nitrogens is 1. The summed E-state index contributed by atoms with van der Waals surface area (Å²) in [5.74, 6) is 1.43. The van der Waals surface area contributed by atoms with E-state index in [0.29, 0.717) is 5.91 Å². The van der Waals surface area contributed by atoms with Crippen LogP contribution in [0.2, 0.25) is 0 Å². The molecule has 0 spiro atoms. The molecule has 1 atom stereocenters. The number of hydrogen-bond donors (Lipinski definition) is 1. The van der Waals surface area contributed by atoms with Gasteiger partial charge in [-0.15, -0.1) is 0 Å². The molecular weight excluding hydrogens is 314 g/mol. The summed E-state index contributed by atoms with van der Waals surface area (Å²) < 4.78 is 0. The Bertz CT molecular complexity index is 581. The van der Waals surface area contributed by atoms with Crippen LogP contribution in [0.3, 0.4) is 0 Å². The van der Waals surface area contributed by atoms with E-state index in [0.717, 1.165) is 64.1 Å². The van der Waals surface area contributed by atoms with E-state index in [1.165, 1.54) is 5.56 Å². The molecule has 3 heterocycles. The molecule has 0 bridgehead atoms. The number of hydrogen-bond acceptors (Lipinski definition) is 4. The SMILES string of the molecule is CCCC1(CO)CCN(C(=O)C2CCN(c3ccc(C)cn3)CC2)C1. The van der Waals surface area contributed by atoms with Crippen LogP contribution in [0.4, 0.5) is 5.82 Å². The second-order valence-electron chi connectivity index (χ2n) is 7.87. The highest BCUT2D eigenvalue weighted by Crippen LogP contribution is 2.36.